The minimum Gasteiger partial charge on any atom is -0.376 e. The van der Waals surface area contributed by atoms with Crippen molar-refractivity contribution in [3.05, 3.63) is 11.7 Å². The number of rotatable bonds is 8. The van der Waals surface area contributed by atoms with Crippen molar-refractivity contribution in [1.29, 1.82) is 0 Å². The summed E-state index contributed by atoms with van der Waals surface area (Å²) in [4.78, 5) is 4.20. The van der Waals surface area contributed by atoms with Gasteiger partial charge in [0, 0.05) is 6.61 Å². The van der Waals surface area contributed by atoms with Crippen molar-refractivity contribution in [2.45, 2.75) is 51.4 Å². The number of ether oxygens (including phenoxy) is 2. The molecule has 0 spiro atoms. The van der Waals surface area contributed by atoms with Gasteiger partial charge < -0.3 is 19.7 Å². The molecule has 1 fully saturated rings. The van der Waals surface area contributed by atoms with E-state index in [9.17, 15) is 0 Å². The van der Waals surface area contributed by atoms with Gasteiger partial charge in [0.15, 0.2) is 5.82 Å². The number of nitrogens with two attached hydrogens (primary N) is 1. The normalized spacial score (nSPS) is 17.7. The summed E-state index contributed by atoms with van der Waals surface area (Å²) < 4.78 is 16.0. The maximum absolute atomic E-state index is 5.94. The molecule has 1 unspecified atom stereocenters. The van der Waals surface area contributed by atoms with E-state index in [-0.39, 0.29) is 6.04 Å². The first-order valence-corrected chi connectivity index (χ1v) is 6.57. The van der Waals surface area contributed by atoms with Gasteiger partial charge in [-0.15, -0.1) is 0 Å². The molecular weight excluding hydrogens is 234 g/mol. The summed E-state index contributed by atoms with van der Waals surface area (Å²) in [6.07, 6.45) is 4.86. The molecule has 6 nitrogen and oxygen atoms in total. The van der Waals surface area contributed by atoms with Crippen LogP contribution in [-0.2, 0) is 16.1 Å². The van der Waals surface area contributed by atoms with Crippen molar-refractivity contribution in [3.63, 3.8) is 0 Å². The average Bonchev–Trinajstić information content (AvgIpc) is 2.76. The summed E-state index contributed by atoms with van der Waals surface area (Å²) >= 11 is 0. The SMILES string of the molecule is CCCOCc1nc(C(N)COC2CCC2)no1. The Labute approximate surface area is 107 Å². The highest BCUT2D eigenvalue weighted by molar-refractivity contribution is 4.92. The molecule has 0 bridgehead atoms. The van der Waals surface area contributed by atoms with Crippen LogP contribution in [0.5, 0.6) is 0 Å². The van der Waals surface area contributed by atoms with Crippen molar-refractivity contribution in [1.82, 2.24) is 10.1 Å². The highest BCUT2D eigenvalue weighted by Crippen LogP contribution is 2.22. The lowest BCUT2D eigenvalue weighted by atomic mass is 9.96. The Kier molecular flexibility index (Phi) is 5.10. The lowest BCUT2D eigenvalue weighted by Crippen LogP contribution is -2.27. The maximum Gasteiger partial charge on any atom is 0.252 e. The zero-order valence-electron chi connectivity index (χ0n) is 10.8. The Bertz CT molecular complexity index is 352. The van der Waals surface area contributed by atoms with Gasteiger partial charge in [-0.1, -0.05) is 12.1 Å². The van der Waals surface area contributed by atoms with E-state index in [1.54, 1.807) is 0 Å². The topological polar surface area (TPSA) is 83.4 Å². The van der Waals surface area contributed by atoms with E-state index in [0.29, 0.717) is 37.6 Å². The summed E-state index contributed by atoms with van der Waals surface area (Å²) in [5, 5.41) is 3.85. The molecule has 1 aliphatic carbocycles. The molecule has 1 saturated carbocycles. The van der Waals surface area contributed by atoms with Crippen molar-refractivity contribution < 1.29 is 14.0 Å². The minimum absolute atomic E-state index is 0.325. The number of hydrogen-bond donors (Lipinski definition) is 1. The fourth-order valence-corrected chi connectivity index (χ4v) is 1.63. The van der Waals surface area contributed by atoms with Crippen LogP contribution in [0.25, 0.3) is 0 Å². The van der Waals surface area contributed by atoms with E-state index in [2.05, 4.69) is 10.1 Å². The standard InChI is InChI=1S/C12H21N3O3/c1-2-6-16-8-11-14-12(15-18-11)10(13)7-17-9-4-3-5-9/h9-10H,2-8,13H2,1H3. The Hall–Kier alpha value is -0.980. The molecule has 0 saturated heterocycles. The Morgan fingerprint density at radius 3 is 3.00 bits per heavy atom. The molecule has 1 atom stereocenters. The van der Waals surface area contributed by atoms with Crippen LogP contribution in [0.1, 0.15) is 50.4 Å². The zero-order chi connectivity index (χ0) is 12.8. The number of hydrogen-bond acceptors (Lipinski definition) is 6. The van der Waals surface area contributed by atoms with Crippen molar-refractivity contribution >= 4 is 0 Å². The lowest BCUT2D eigenvalue weighted by molar-refractivity contribution is -0.00549. The van der Waals surface area contributed by atoms with E-state index in [1.165, 1.54) is 6.42 Å². The van der Waals surface area contributed by atoms with Crippen LogP contribution in [0.15, 0.2) is 4.52 Å². The van der Waals surface area contributed by atoms with Crippen LogP contribution in [-0.4, -0.2) is 29.5 Å². The molecule has 18 heavy (non-hydrogen) atoms. The average molecular weight is 255 g/mol. The summed E-state index contributed by atoms with van der Waals surface area (Å²) in [6, 6.07) is -0.325. The summed E-state index contributed by atoms with van der Waals surface area (Å²) in [5.41, 5.74) is 5.94. The molecule has 0 aliphatic heterocycles. The Morgan fingerprint density at radius 2 is 2.33 bits per heavy atom. The van der Waals surface area contributed by atoms with E-state index in [1.807, 2.05) is 6.92 Å². The Morgan fingerprint density at radius 1 is 1.50 bits per heavy atom. The summed E-state index contributed by atoms with van der Waals surface area (Å²) in [6.45, 7) is 3.53. The molecule has 102 valence electrons. The van der Waals surface area contributed by atoms with Gasteiger partial charge in [0.25, 0.3) is 5.89 Å². The molecule has 1 heterocycles. The molecule has 1 aliphatic rings. The predicted octanol–water partition coefficient (Wildman–Crippen LogP) is 1.57. The van der Waals surface area contributed by atoms with Gasteiger partial charge in [-0.25, -0.2) is 0 Å². The van der Waals surface area contributed by atoms with E-state index in [4.69, 9.17) is 19.7 Å². The Balaban J connectivity index is 1.73. The van der Waals surface area contributed by atoms with Gasteiger partial charge in [-0.3, -0.25) is 0 Å². The fourth-order valence-electron chi connectivity index (χ4n) is 1.63. The smallest absolute Gasteiger partial charge is 0.252 e. The molecule has 0 radical (unpaired) electrons. The van der Waals surface area contributed by atoms with Gasteiger partial charge >= 0.3 is 0 Å². The van der Waals surface area contributed by atoms with Crippen LogP contribution in [0.4, 0.5) is 0 Å². The van der Waals surface area contributed by atoms with Gasteiger partial charge in [0.05, 0.1) is 18.8 Å². The molecule has 6 heteroatoms. The van der Waals surface area contributed by atoms with Crippen LogP contribution in [0, 0.1) is 0 Å². The van der Waals surface area contributed by atoms with Crippen LogP contribution >= 0.6 is 0 Å². The first-order chi connectivity index (χ1) is 8.79. The van der Waals surface area contributed by atoms with Crippen LogP contribution < -0.4 is 5.73 Å². The van der Waals surface area contributed by atoms with E-state index in [0.717, 1.165) is 19.3 Å². The van der Waals surface area contributed by atoms with Crippen molar-refractivity contribution in [2.24, 2.45) is 5.73 Å². The number of aromatic nitrogens is 2. The third-order valence-corrected chi connectivity index (χ3v) is 2.95. The molecule has 0 amide bonds. The second-order valence-electron chi connectivity index (χ2n) is 4.59. The first-order valence-electron chi connectivity index (χ1n) is 6.57. The molecule has 2 N–H and O–H groups in total. The van der Waals surface area contributed by atoms with Crippen molar-refractivity contribution in [2.75, 3.05) is 13.2 Å². The minimum atomic E-state index is -0.325. The molecule has 0 aromatic carbocycles. The third-order valence-electron chi connectivity index (χ3n) is 2.95. The third kappa shape index (κ3) is 3.76. The quantitative estimate of drug-likeness (QED) is 0.710. The van der Waals surface area contributed by atoms with Crippen LogP contribution in [0.3, 0.4) is 0 Å². The molecule has 1 aromatic heterocycles. The second kappa shape index (κ2) is 6.82. The largest absolute Gasteiger partial charge is 0.376 e. The highest BCUT2D eigenvalue weighted by atomic mass is 16.5. The van der Waals surface area contributed by atoms with E-state index >= 15 is 0 Å². The van der Waals surface area contributed by atoms with Gasteiger partial charge in [0.2, 0.25) is 0 Å². The molecular formula is C12H21N3O3. The van der Waals surface area contributed by atoms with E-state index < -0.39 is 0 Å². The molecule has 1 aromatic rings. The van der Waals surface area contributed by atoms with Crippen LogP contribution in [0.2, 0.25) is 0 Å². The first kappa shape index (κ1) is 13.5. The van der Waals surface area contributed by atoms with Gasteiger partial charge in [-0.2, -0.15) is 4.98 Å². The highest BCUT2D eigenvalue weighted by Gasteiger charge is 2.21. The lowest BCUT2D eigenvalue weighted by Gasteiger charge is -2.26. The summed E-state index contributed by atoms with van der Waals surface area (Å²) in [7, 11) is 0. The second-order valence-corrected chi connectivity index (χ2v) is 4.59. The molecule has 2 rings (SSSR count). The maximum atomic E-state index is 5.94. The fraction of sp³-hybridized carbons (Fsp3) is 0.833. The van der Waals surface area contributed by atoms with Gasteiger partial charge in [0.1, 0.15) is 6.61 Å². The van der Waals surface area contributed by atoms with Crippen molar-refractivity contribution in [3.8, 4) is 0 Å². The summed E-state index contributed by atoms with van der Waals surface area (Å²) in [5.74, 6) is 0.960. The monoisotopic (exact) mass is 255 g/mol. The predicted molar refractivity (Wildman–Crippen MR) is 64.8 cm³/mol. The number of nitrogens with zero attached hydrogens (tertiary/aromatic N) is 2. The zero-order valence-corrected chi connectivity index (χ0v) is 10.8. The van der Waals surface area contributed by atoms with Gasteiger partial charge in [-0.05, 0) is 25.7 Å².